The summed E-state index contributed by atoms with van der Waals surface area (Å²) in [5.41, 5.74) is 2.87. The number of hydrogen-bond donors (Lipinski definition) is 0. The zero-order valence-corrected chi connectivity index (χ0v) is 7.46. The van der Waals surface area contributed by atoms with E-state index in [1.165, 1.54) is 28.5 Å². The van der Waals surface area contributed by atoms with Crippen LogP contribution in [0.25, 0.3) is 0 Å². The lowest BCUT2D eigenvalue weighted by molar-refractivity contribution is 0.941. The third-order valence-electron chi connectivity index (χ3n) is 1.69. The van der Waals surface area contributed by atoms with Gasteiger partial charge in [0, 0.05) is 4.48 Å². The fraction of sp³-hybridized carbons (Fsp3) is 0.500. The lowest BCUT2D eigenvalue weighted by atomic mass is 10.0. The van der Waals surface area contributed by atoms with E-state index in [9.17, 15) is 0 Å². The van der Waals surface area contributed by atoms with E-state index in [0.717, 1.165) is 0 Å². The second kappa shape index (κ2) is 2.70. The average Bonchev–Trinajstić information content (AvgIpc) is 1.83. The molecule has 0 saturated heterocycles. The Bertz CT molecular complexity index is 175. The van der Waals surface area contributed by atoms with Gasteiger partial charge >= 0.3 is 0 Å². The largest absolute Gasteiger partial charge is 0.0802 e. The molecule has 0 aromatic carbocycles. The van der Waals surface area contributed by atoms with Crippen molar-refractivity contribution in [2.45, 2.75) is 26.7 Å². The topological polar surface area (TPSA) is 0 Å². The van der Waals surface area contributed by atoms with Gasteiger partial charge in [0.05, 0.1) is 0 Å². The maximum atomic E-state index is 3.53. The van der Waals surface area contributed by atoms with Gasteiger partial charge in [0.1, 0.15) is 0 Å². The van der Waals surface area contributed by atoms with Crippen LogP contribution in [0.15, 0.2) is 21.7 Å². The molecule has 0 aromatic heterocycles. The van der Waals surface area contributed by atoms with Crippen LogP contribution < -0.4 is 0 Å². The van der Waals surface area contributed by atoms with Crippen molar-refractivity contribution in [3.63, 3.8) is 0 Å². The molecule has 0 radical (unpaired) electrons. The summed E-state index contributed by atoms with van der Waals surface area (Å²) in [4.78, 5) is 0. The maximum Gasteiger partial charge on any atom is 0.0190 e. The lowest BCUT2D eigenvalue weighted by Crippen LogP contribution is -1.89. The summed E-state index contributed by atoms with van der Waals surface area (Å²) in [5.74, 6) is 0. The summed E-state index contributed by atoms with van der Waals surface area (Å²) in [6.07, 6.45) is 4.71. The van der Waals surface area contributed by atoms with Gasteiger partial charge in [-0.05, 0) is 32.3 Å². The smallest absolute Gasteiger partial charge is 0.0190 e. The van der Waals surface area contributed by atoms with Crippen molar-refractivity contribution in [3.05, 3.63) is 21.7 Å². The fourth-order valence-corrected chi connectivity index (χ4v) is 1.40. The quantitative estimate of drug-likeness (QED) is 0.545. The van der Waals surface area contributed by atoms with Crippen molar-refractivity contribution >= 4 is 15.9 Å². The van der Waals surface area contributed by atoms with Gasteiger partial charge in [-0.2, -0.15) is 0 Å². The number of halogens is 1. The van der Waals surface area contributed by atoms with Gasteiger partial charge in [-0.25, -0.2) is 0 Å². The molecule has 0 saturated carbocycles. The maximum absolute atomic E-state index is 3.53. The third-order valence-corrected chi connectivity index (χ3v) is 2.99. The van der Waals surface area contributed by atoms with E-state index >= 15 is 0 Å². The average molecular weight is 187 g/mol. The Morgan fingerprint density at radius 3 is 2.56 bits per heavy atom. The molecule has 0 fully saturated rings. The molecule has 0 N–H and O–H groups in total. The van der Waals surface area contributed by atoms with Crippen molar-refractivity contribution in [1.82, 2.24) is 0 Å². The van der Waals surface area contributed by atoms with Crippen LogP contribution in [0.4, 0.5) is 0 Å². The summed E-state index contributed by atoms with van der Waals surface area (Å²) in [5, 5.41) is 0. The van der Waals surface area contributed by atoms with Crippen LogP contribution in [-0.4, -0.2) is 0 Å². The van der Waals surface area contributed by atoms with Crippen molar-refractivity contribution in [1.29, 1.82) is 0 Å². The second-order valence-corrected chi connectivity index (χ2v) is 3.31. The zero-order valence-electron chi connectivity index (χ0n) is 5.87. The van der Waals surface area contributed by atoms with Gasteiger partial charge in [0.25, 0.3) is 0 Å². The summed E-state index contributed by atoms with van der Waals surface area (Å²) in [7, 11) is 0. The molecule has 1 aliphatic rings. The van der Waals surface area contributed by atoms with E-state index in [2.05, 4.69) is 35.9 Å². The van der Waals surface area contributed by atoms with Gasteiger partial charge in [-0.1, -0.05) is 27.6 Å². The molecule has 0 nitrogen and oxygen atoms in total. The van der Waals surface area contributed by atoms with Crippen LogP contribution in [0.2, 0.25) is 0 Å². The zero-order chi connectivity index (χ0) is 6.85. The minimum Gasteiger partial charge on any atom is -0.0802 e. The third kappa shape index (κ3) is 1.45. The van der Waals surface area contributed by atoms with Gasteiger partial charge in [-0.3, -0.25) is 0 Å². The van der Waals surface area contributed by atoms with Crippen molar-refractivity contribution in [2.75, 3.05) is 0 Å². The van der Waals surface area contributed by atoms with Crippen LogP contribution >= 0.6 is 15.9 Å². The Hall–Kier alpha value is -0.0400. The number of allylic oxidation sites excluding steroid dienone is 4. The highest BCUT2D eigenvalue weighted by atomic mass is 79.9. The van der Waals surface area contributed by atoms with E-state index in [-0.39, 0.29) is 0 Å². The highest BCUT2D eigenvalue weighted by Crippen LogP contribution is 2.28. The molecule has 0 amide bonds. The van der Waals surface area contributed by atoms with Crippen molar-refractivity contribution < 1.29 is 0 Å². The fourth-order valence-electron chi connectivity index (χ4n) is 1.04. The first-order valence-corrected chi connectivity index (χ1v) is 4.03. The van der Waals surface area contributed by atoms with Crippen molar-refractivity contribution in [2.24, 2.45) is 0 Å². The minimum absolute atomic E-state index is 1.22. The summed E-state index contributed by atoms with van der Waals surface area (Å²) in [6, 6.07) is 0. The van der Waals surface area contributed by atoms with Gasteiger partial charge in [0.15, 0.2) is 0 Å². The Labute approximate surface area is 64.8 Å². The van der Waals surface area contributed by atoms with Gasteiger partial charge < -0.3 is 0 Å². The van der Waals surface area contributed by atoms with E-state index in [1.807, 2.05) is 0 Å². The van der Waals surface area contributed by atoms with Gasteiger partial charge in [0.2, 0.25) is 0 Å². The number of rotatable bonds is 0. The lowest BCUT2D eigenvalue weighted by Gasteiger charge is -2.10. The molecule has 50 valence electrons. The van der Waals surface area contributed by atoms with Crippen LogP contribution in [0.1, 0.15) is 26.7 Å². The molecule has 0 bridgehead atoms. The van der Waals surface area contributed by atoms with E-state index in [1.54, 1.807) is 0 Å². The Balaban J connectivity index is 2.88. The van der Waals surface area contributed by atoms with Crippen LogP contribution in [0.5, 0.6) is 0 Å². The Morgan fingerprint density at radius 1 is 1.44 bits per heavy atom. The highest BCUT2D eigenvalue weighted by molar-refractivity contribution is 9.12. The van der Waals surface area contributed by atoms with Crippen LogP contribution in [0, 0.1) is 0 Å². The summed E-state index contributed by atoms with van der Waals surface area (Å²) in [6.45, 7) is 4.33. The van der Waals surface area contributed by atoms with E-state index in [4.69, 9.17) is 0 Å². The molecule has 1 rings (SSSR count). The molecule has 0 unspecified atom stereocenters. The SMILES string of the molecule is CC1=CCCC(C)=C1Br. The van der Waals surface area contributed by atoms with Gasteiger partial charge in [-0.15, -0.1) is 0 Å². The minimum atomic E-state index is 1.22. The molecule has 9 heavy (non-hydrogen) atoms. The molecular formula is C8H11Br. The molecule has 0 aliphatic heterocycles. The standard InChI is InChI=1S/C8H11Br/c1-6-4-3-5-7(2)8(6)9/h4H,3,5H2,1-2H3. The Kier molecular flexibility index (Phi) is 2.12. The highest BCUT2D eigenvalue weighted by Gasteiger charge is 2.04. The molecule has 1 aliphatic carbocycles. The normalized spacial score (nSPS) is 20.1. The first-order valence-electron chi connectivity index (χ1n) is 3.24. The predicted octanol–water partition coefficient (Wildman–Crippen LogP) is 3.40. The first-order chi connectivity index (χ1) is 4.22. The second-order valence-electron chi connectivity index (χ2n) is 2.52. The molecule has 0 atom stereocenters. The molecule has 1 heteroatoms. The van der Waals surface area contributed by atoms with Crippen LogP contribution in [-0.2, 0) is 0 Å². The Morgan fingerprint density at radius 2 is 2.11 bits per heavy atom. The molecular weight excluding hydrogens is 176 g/mol. The van der Waals surface area contributed by atoms with Crippen LogP contribution in [0.3, 0.4) is 0 Å². The summed E-state index contributed by atoms with van der Waals surface area (Å²) >= 11 is 3.53. The first kappa shape index (κ1) is 7.07. The predicted molar refractivity (Wildman–Crippen MR) is 44.6 cm³/mol. The monoisotopic (exact) mass is 186 g/mol. The number of hydrogen-bond acceptors (Lipinski definition) is 0. The van der Waals surface area contributed by atoms with Crippen molar-refractivity contribution in [3.8, 4) is 0 Å². The molecule has 0 aromatic rings. The molecule has 0 spiro atoms. The summed E-state index contributed by atoms with van der Waals surface area (Å²) < 4.78 is 1.31. The van der Waals surface area contributed by atoms with E-state index < -0.39 is 0 Å². The van der Waals surface area contributed by atoms with E-state index in [0.29, 0.717) is 0 Å². The molecule has 0 heterocycles.